The first-order chi connectivity index (χ1) is 9.72. The van der Waals surface area contributed by atoms with E-state index in [1.165, 1.54) is 0 Å². The van der Waals surface area contributed by atoms with Crippen LogP contribution in [0.3, 0.4) is 0 Å². The van der Waals surface area contributed by atoms with E-state index in [-0.39, 0.29) is 18.4 Å². The van der Waals surface area contributed by atoms with Crippen LogP contribution in [-0.2, 0) is 17.9 Å². The van der Waals surface area contributed by atoms with E-state index in [1.54, 1.807) is 0 Å². The van der Waals surface area contributed by atoms with Gasteiger partial charge in [0.15, 0.2) is 5.82 Å². The molecule has 112 valence electrons. The standard InChI is InChI=1S/C13H23N5O2/c1-2-5-15-13(19)10-4-3-6-18(8-10)9-11-16-12(7-14)20-17-11/h10H,2-9,14H2,1H3,(H,15,19). The van der Waals surface area contributed by atoms with Gasteiger partial charge in [0.1, 0.15) is 0 Å². The lowest BCUT2D eigenvalue weighted by atomic mass is 9.97. The van der Waals surface area contributed by atoms with Crippen LogP contribution in [0.25, 0.3) is 0 Å². The maximum Gasteiger partial charge on any atom is 0.240 e. The van der Waals surface area contributed by atoms with Gasteiger partial charge in [-0.25, -0.2) is 0 Å². The van der Waals surface area contributed by atoms with Crippen molar-refractivity contribution in [1.29, 1.82) is 0 Å². The molecule has 1 amide bonds. The second-order valence-corrected chi connectivity index (χ2v) is 5.17. The van der Waals surface area contributed by atoms with Gasteiger partial charge in [0.25, 0.3) is 0 Å². The van der Waals surface area contributed by atoms with Crippen LogP contribution in [-0.4, -0.2) is 40.6 Å². The first-order valence-electron chi connectivity index (χ1n) is 7.24. The molecule has 1 aliphatic rings. The van der Waals surface area contributed by atoms with Crippen molar-refractivity contribution in [1.82, 2.24) is 20.4 Å². The number of likely N-dealkylation sites (tertiary alicyclic amines) is 1. The summed E-state index contributed by atoms with van der Waals surface area (Å²) in [5.41, 5.74) is 5.44. The summed E-state index contributed by atoms with van der Waals surface area (Å²) in [6.07, 6.45) is 2.94. The molecule has 7 nitrogen and oxygen atoms in total. The highest BCUT2D eigenvalue weighted by Crippen LogP contribution is 2.18. The molecule has 1 atom stereocenters. The highest BCUT2D eigenvalue weighted by molar-refractivity contribution is 5.78. The van der Waals surface area contributed by atoms with Gasteiger partial charge < -0.3 is 15.6 Å². The molecule has 0 aromatic carbocycles. The maximum absolute atomic E-state index is 12.0. The molecule has 0 spiro atoms. The fourth-order valence-corrected chi connectivity index (χ4v) is 2.44. The third kappa shape index (κ3) is 4.01. The summed E-state index contributed by atoms with van der Waals surface area (Å²) in [5, 5.41) is 6.86. The Labute approximate surface area is 118 Å². The molecule has 2 rings (SSSR count). The van der Waals surface area contributed by atoms with Crippen molar-refractivity contribution in [2.24, 2.45) is 11.7 Å². The SMILES string of the molecule is CCCNC(=O)C1CCCN(Cc2noc(CN)n2)C1. The van der Waals surface area contributed by atoms with E-state index in [0.29, 0.717) is 18.3 Å². The van der Waals surface area contributed by atoms with Gasteiger partial charge in [-0.1, -0.05) is 12.1 Å². The van der Waals surface area contributed by atoms with Gasteiger partial charge in [0.05, 0.1) is 19.0 Å². The summed E-state index contributed by atoms with van der Waals surface area (Å²) in [6, 6.07) is 0. The number of carbonyl (C=O) groups is 1. The van der Waals surface area contributed by atoms with Crippen molar-refractivity contribution >= 4 is 5.91 Å². The quantitative estimate of drug-likeness (QED) is 0.776. The van der Waals surface area contributed by atoms with Gasteiger partial charge >= 0.3 is 0 Å². The van der Waals surface area contributed by atoms with Gasteiger partial charge in [-0.3, -0.25) is 9.69 Å². The monoisotopic (exact) mass is 281 g/mol. The Morgan fingerprint density at radius 1 is 1.60 bits per heavy atom. The van der Waals surface area contributed by atoms with Crippen LogP contribution in [0.15, 0.2) is 4.52 Å². The van der Waals surface area contributed by atoms with Crippen LogP contribution < -0.4 is 11.1 Å². The molecule has 1 saturated heterocycles. The number of nitrogens with one attached hydrogen (secondary N) is 1. The molecule has 0 radical (unpaired) electrons. The molecular formula is C13H23N5O2. The number of piperidine rings is 1. The van der Waals surface area contributed by atoms with Crippen molar-refractivity contribution in [2.45, 2.75) is 39.3 Å². The number of amides is 1. The Bertz CT molecular complexity index is 434. The van der Waals surface area contributed by atoms with E-state index in [9.17, 15) is 4.79 Å². The molecule has 0 saturated carbocycles. The Morgan fingerprint density at radius 2 is 2.45 bits per heavy atom. The van der Waals surface area contributed by atoms with Crippen LogP contribution in [0.4, 0.5) is 0 Å². The Balaban J connectivity index is 1.85. The molecular weight excluding hydrogens is 258 g/mol. The minimum atomic E-state index is 0.0659. The van der Waals surface area contributed by atoms with Crippen molar-refractivity contribution in [3.05, 3.63) is 11.7 Å². The molecule has 20 heavy (non-hydrogen) atoms. The average molecular weight is 281 g/mol. The Morgan fingerprint density at radius 3 is 3.15 bits per heavy atom. The van der Waals surface area contributed by atoms with Gasteiger partial charge in [-0.2, -0.15) is 4.98 Å². The van der Waals surface area contributed by atoms with Gasteiger partial charge in [0.2, 0.25) is 11.8 Å². The zero-order chi connectivity index (χ0) is 14.4. The third-order valence-corrected chi connectivity index (χ3v) is 3.48. The minimum absolute atomic E-state index is 0.0659. The molecule has 3 N–H and O–H groups in total. The van der Waals surface area contributed by atoms with Crippen molar-refractivity contribution in [3.8, 4) is 0 Å². The van der Waals surface area contributed by atoms with Crippen molar-refractivity contribution < 1.29 is 9.32 Å². The second-order valence-electron chi connectivity index (χ2n) is 5.17. The lowest BCUT2D eigenvalue weighted by Crippen LogP contribution is -2.43. The van der Waals surface area contributed by atoms with E-state index in [2.05, 4.69) is 27.3 Å². The maximum atomic E-state index is 12.0. The third-order valence-electron chi connectivity index (χ3n) is 3.48. The summed E-state index contributed by atoms with van der Waals surface area (Å²) in [6.45, 7) is 5.39. The molecule has 1 unspecified atom stereocenters. The zero-order valence-corrected chi connectivity index (χ0v) is 12.0. The number of carbonyl (C=O) groups excluding carboxylic acids is 1. The highest BCUT2D eigenvalue weighted by Gasteiger charge is 2.26. The second kappa shape index (κ2) is 7.35. The number of hydrogen-bond acceptors (Lipinski definition) is 6. The summed E-state index contributed by atoms with van der Waals surface area (Å²) < 4.78 is 4.99. The predicted octanol–water partition coefficient (Wildman–Crippen LogP) is 0.267. The van der Waals surface area contributed by atoms with E-state index in [1.807, 2.05) is 0 Å². The molecule has 1 aliphatic heterocycles. The topological polar surface area (TPSA) is 97.3 Å². The Kier molecular flexibility index (Phi) is 5.49. The Hall–Kier alpha value is -1.47. The normalized spacial score (nSPS) is 20.0. The molecule has 0 bridgehead atoms. The van der Waals surface area contributed by atoms with Crippen LogP contribution in [0.5, 0.6) is 0 Å². The van der Waals surface area contributed by atoms with Crippen molar-refractivity contribution in [3.63, 3.8) is 0 Å². The molecule has 7 heteroatoms. The lowest BCUT2D eigenvalue weighted by molar-refractivity contribution is -0.126. The number of rotatable bonds is 6. The van der Waals surface area contributed by atoms with Crippen molar-refractivity contribution in [2.75, 3.05) is 19.6 Å². The molecule has 1 aromatic rings. The fraction of sp³-hybridized carbons (Fsp3) is 0.769. The summed E-state index contributed by atoms with van der Waals surface area (Å²) in [7, 11) is 0. The van der Waals surface area contributed by atoms with Gasteiger partial charge in [0, 0.05) is 13.1 Å². The highest BCUT2D eigenvalue weighted by atomic mass is 16.5. The number of hydrogen-bond donors (Lipinski definition) is 2. The average Bonchev–Trinajstić information content (AvgIpc) is 2.92. The van der Waals surface area contributed by atoms with Crippen LogP contribution in [0.1, 0.15) is 37.9 Å². The number of aromatic nitrogens is 2. The first kappa shape index (κ1) is 14.9. The summed E-state index contributed by atoms with van der Waals surface area (Å²) in [4.78, 5) is 18.4. The van der Waals surface area contributed by atoms with Gasteiger partial charge in [-0.15, -0.1) is 0 Å². The molecule has 1 fully saturated rings. The number of nitrogens with zero attached hydrogens (tertiary/aromatic N) is 3. The smallest absolute Gasteiger partial charge is 0.240 e. The van der Waals surface area contributed by atoms with E-state index < -0.39 is 0 Å². The minimum Gasteiger partial charge on any atom is -0.356 e. The first-order valence-corrected chi connectivity index (χ1v) is 7.24. The van der Waals surface area contributed by atoms with E-state index in [4.69, 9.17) is 10.3 Å². The van der Waals surface area contributed by atoms with E-state index >= 15 is 0 Å². The predicted molar refractivity (Wildman–Crippen MR) is 73.5 cm³/mol. The van der Waals surface area contributed by atoms with Crippen LogP contribution in [0, 0.1) is 5.92 Å². The van der Waals surface area contributed by atoms with Gasteiger partial charge in [-0.05, 0) is 25.8 Å². The lowest BCUT2D eigenvalue weighted by Gasteiger charge is -2.31. The molecule has 0 aliphatic carbocycles. The molecule has 1 aromatic heterocycles. The summed E-state index contributed by atoms with van der Waals surface area (Å²) in [5.74, 6) is 1.32. The van der Waals surface area contributed by atoms with Crippen LogP contribution >= 0.6 is 0 Å². The van der Waals surface area contributed by atoms with Crippen LogP contribution in [0.2, 0.25) is 0 Å². The number of nitrogens with two attached hydrogens (primary N) is 1. The zero-order valence-electron chi connectivity index (χ0n) is 12.0. The summed E-state index contributed by atoms with van der Waals surface area (Å²) >= 11 is 0. The molecule has 2 heterocycles. The largest absolute Gasteiger partial charge is 0.356 e. The fourth-order valence-electron chi connectivity index (χ4n) is 2.44. The van der Waals surface area contributed by atoms with E-state index in [0.717, 1.165) is 38.9 Å².